The first-order valence-corrected chi connectivity index (χ1v) is 9.93. The molecule has 0 aliphatic carbocycles. The van der Waals surface area contributed by atoms with E-state index >= 15 is 0 Å². The van der Waals surface area contributed by atoms with Crippen LogP contribution >= 0.6 is 0 Å². The molecule has 144 valence electrons. The van der Waals surface area contributed by atoms with E-state index < -0.39 is 0 Å². The third kappa shape index (κ3) is 5.83. The Kier molecular flexibility index (Phi) is 6.88. The molecule has 1 fully saturated rings. The smallest absolute Gasteiger partial charge is 0.223 e. The first-order chi connectivity index (χ1) is 13.1. The number of nitrogens with zero attached hydrogens (tertiary/aromatic N) is 2. The van der Waals surface area contributed by atoms with Gasteiger partial charge in [0.15, 0.2) is 0 Å². The number of hydrogen-bond acceptors (Lipinski definition) is 3. The minimum atomic E-state index is 0.154. The largest absolute Gasteiger partial charge is 0.373 e. The Morgan fingerprint density at radius 2 is 1.74 bits per heavy atom. The van der Waals surface area contributed by atoms with Crippen LogP contribution in [0.4, 0.5) is 5.69 Å². The van der Waals surface area contributed by atoms with Crippen LogP contribution in [0.25, 0.3) is 0 Å². The van der Waals surface area contributed by atoms with Crippen LogP contribution in [0.1, 0.15) is 24.0 Å². The molecule has 1 aliphatic heterocycles. The van der Waals surface area contributed by atoms with E-state index in [1.54, 1.807) is 0 Å². The molecule has 0 radical (unpaired) electrons. The van der Waals surface area contributed by atoms with Gasteiger partial charge in [-0.2, -0.15) is 0 Å². The van der Waals surface area contributed by atoms with Gasteiger partial charge in [0, 0.05) is 38.3 Å². The molecule has 3 rings (SSSR count). The predicted molar refractivity (Wildman–Crippen MR) is 112 cm³/mol. The molecule has 0 bridgehead atoms. The Morgan fingerprint density at radius 1 is 1.07 bits per heavy atom. The Hall–Kier alpha value is -2.33. The summed E-state index contributed by atoms with van der Waals surface area (Å²) in [6.07, 6.45) is 1.90. The average molecular weight is 366 g/mol. The first-order valence-electron chi connectivity index (χ1n) is 9.93. The highest BCUT2D eigenvalue weighted by Gasteiger charge is 2.24. The average Bonchev–Trinajstić information content (AvgIpc) is 2.69. The number of benzene rings is 2. The summed E-state index contributed by atoms with van der Waals surface area (Å²) in [6, 6.07) is 19.1. The maximum Gasteiger partial charge on any atom is 0.223 e. The van der Waals surface area contributed by atoms with Gasteiger partial charge < -0.3 is 10.2 Å². The van der Waals surface area contributed by atoms with Gasteiger partial charge in [-0.15, -0.1) is 0 Å². The van der Waals surface area contributed by atoms with Crippen LogP contribution in [0.15, 0.2) is 54.6 Å². The maximum absolute atomic E-state index is 12.5. The number of carbonyl (C=O) groups excluding carboxylic acids is 1. The highest BCUT2D eigenvalue weighted by atomic mass is 16.1. The molecule has 0 unspecified atom stereocenters. The summed E-state index contributed by atoms with van der Waals surface area (Å²) in [5.41, 5.74) is 3.79. The van der Waals surface area contributed by atoms with Crippen LogP contribution in [-0.2, 0) is 11.3 Å². The lowest BCUT2D eigenvalue weighted by atomic mass is 9.95. The highest BCUT2D eigenvalue weighted by Crippen LogP contribution is 2.19. The number of amides is 1. The summed E-state index contributed by atoms with van der Waals surface area (Å²) < 4.78 is 0. The summed E-state index contributed by atoms with van der Waals surface area (Å²) in [5.74, 6) is 0.369. The topological polar surface area (TPSA) is 35.6 Å². The molecule has 2 aromatic carbocycles. The molecular weight excluding hydrogens is 334 g/mol. The molecule has 1 heterocycles. The lowest BCUT2D eigenvalue weighted by molar-refractivity contribution is -0.126. The Labute approximate surface area is 163 Å². The summed E-state index contributed by atoms with van der Waals surface area (Å²) in [5, 5.41) is 3.13. The number of rotatable bonds is 7. The van der Waals surface area contributed by atoms with E-state index in [0.717, 1.165) is 39.0 Å². The number of likely N-dealkylation sites (N-methyl/N-ethyl adjacent to an activating group) is 1. The van der Waals surface area contributed by atoms with Crippen molar-refractivity contribution in [3.8, 4) is 0 Å². The van der Waals surface area contributed by atoms with Gasteiger partial charge in [-0.25, -0.2) is 0 Å². The lowest BCUT2D eigenvalue weighted by Crippen LogP contribution is -2.42. The van der Waals surface area contributed by atoms with Crippen LogP contribution in [0.3, 0.4) is 0 Å². The zero-order chi connectivity index (χ0) is 19.1. The van der Waals surface area contributed by atoms with Crippen molar-refractivity contribution in [2.24, 2.45) is 5.92 Å². The van der Waals surface area contributed by atoms with Gasteiger partial charge in [0.2, 0.25) is 5.91 Å². The highest BCUT2D eigenvalue weighted by molar-refractivity contribution is 5.78. The molecule has 1 amide bonds. The molecule has 1 aliphatic rings. The minimum absolute atomic E-state index is 0.154. The zero-order valence-electron chi connectivity index (χ0n) is 16.5. The number of anilines is 1. The second kappa shape index (κ2) is 9.56. The van der Waals surface area contributed by atoms with Gasteiger partial charge >= 0.3 is 0 Å². The third-order valence-corrected chi connectivity index (χ3v) is 5.43. The van der Waals surface area contributed by atoms with Gasteiger partial charge in [-0.05, 0) is 50.6 Å². The van der Waals surface area contributed by atoms with Crippen molar-refractivity contribution >= 4 is 11.6 Å². The predicted octanol–water partition coefficient (Wildman–Crippen LogP) is 3.46. The van der Waals surface area contributed by atoms with Gasteiger partial charge in [-0.3, -0.25) is 9.69 Å². The van der Waals surface area contributed by atoms with E-state index in [2.05, 4.69) is 83.7 Å². The molecule has 0 aromatic heterocycles. The van der Waals surface area contributed by atoms with Crippen LogP contribution < -0.4 is 10.2 Å². The summed E-state index contributed by atoms with van der Waals surface area (Å²) in [6.45, 7) is 6.58. The van der Waals surface area contributed by atoms with E-state index in [1.807, 2.05) is 0 Å². The summed E-state index contributed by atoms with van der Waals surface area (Å²) in [4.78, 5) is 17.1. The van der Waals surface area contributed by atoms with Crippen molar-refractivity contribution in [2.75, 3.05) is 38.1 Å². The van der Waals surface area contributed by atoms with Crippen molar-refractivity contribution in [3.63, 3.8) is 0 Å². The van der Waals surface area contributed by atoms with Crippen molar-refractivity contribution in [1.29, 1.82) is 0 Å². The number of likely N-dealkylation sites (tertiary alicyclic amines) is 1. The van der Waals surface area contributed by atoms with E-state index in [-0.39, 0.29) is 11.8 Å². The van der Waals surface area contributed by atoms with Crippen molar-refractivity contribution in [1.82, 2.24) is 10.2 Å². The molecule has 4 heteroatoms. The van der Waals surface area contributed by atoms with Crippen LogP contribution in [0.2, 0.25) is 0 Å². The molecule has 1 N–H and O–H groups in total. The summed E-state index contributed by atoms with van der Waals surface area (Å²) >= 11 is 0. The van der Waals surface area contributed by atoms with Gasteiger partial charge in [-0.1, -0.05) is 48.0 Å². The third-order valence-electron chi connectivity index (χ3n) is 5.43. The van der Waals surface area contributed by atoms with Gasteiger partial charge in [0.1, 0.15) is 0 Å². The molecule has 27 heavy (non-hydrogen) atoms. The van der Waals surface area contributed by atoms with E-state index in [1.165, 1.54) is 16.8 Å². The first kappa shape index (κ1) is 19.4. The van der Waals surface area contributed by atoms with Crippen molar-refractivity contribution < 1.29 is 4.79 Å². The van der Waals surface area contributed by atoms with E-state index in [4.69, 9.17) is 0 Å². The second-order valence-electron chi connectivity index (χ2n) is 7.58. The fraction of sp³-hybridized carbons (Fsp3) is 0.435. The van der Waals surface area contributed by atoms with E-state index in [9.17, 15) is 4.79 Å². The molecular formula is C23H31N3O. The number of carbonyl (C=O) groups is 1. The van der Waals surface area contributed by atoms with Crippen molar-refractivity contribution in [2.45, 2.75) is 26.3 Å². The summed E-state index contributed by atoms with van der Waals surface area (Å²) in [7, 11) is 2.07. The fourth-order valence-corrected chi connectivity index (χ4v) is 3.61. The molecule has 2 aromatic rings. The quantitative estimate of drug-likeness (QED) is 0.816. The van der Waals surface area contributed by atoms with Crippen molar-refractivity contribution in [3.05, 3.63) is 65.7 Å². The normalized spacial score (nSPS) is 15.5. The zero-order valence-corrected chi connectivity index (χ0v) is 16.5. The Balaban J connectivity index is 1.36. The number of nitrogens with one attached hydrogen (secondary N) is 1. The minimum Gasteiger partial charge on any atom is -0.373 e. The van der Waals surface area contributed by atoms with Crippen LogP contribution in [-0.4, -0.2) is 44.0 Å². The molecule has 4 nitrogen and oxygen atoms in total. The number of piperidine rings is 1. The molecule has 0 spiro atoms. The molecule has 0 atom stereocenters. The molecule has 0 saturated carbocycles. The number of hydrogen-bond donors (Lipinski definition) is 1. The van der Waals surface area contributed by atoms with E-state index in [0.29, 0.717) is 6.54 Å². The fourth-order valence-electron chi connectivity index (χ4n) is 3.61. The Morgan fingerprint density at radius 3 is 2.41 bits per heavy atom. The van der Waals surface area contributed by atoms with Gasteiger partial charge in [0.25, 0.3) is 0 Å². The second-order valence-corrected chi connectivity index (χ2v) is 7.58. The number of aryl methyl sites for hydroxylation is 1. The van der Waals surface area contributed by atoms with Crippen LogP contribution in [0, 0.1) is 12.8 Å². The monoisotopic (exact) mass is 365 g/mol. The van der Waals surface area contributed by atoms with Gasteiger partial charge in [0.05, 0.1) is 0 Å². The standard InChI is InChI=1S/C23H31N3O/c1-19-8-10-22(11-9-19)25(2)17-14-24-23(27)21-12-15-26(16-13-21)18-20-6-4-3-5-7-20/h3-11,21H,12-18H2,1-2H3,(H,24,27). The molecule has 1 saturated heterocycles. The lowest BCUT2D eigenvalue weighted by Gasteiger charge is -2.31. The maximum atomic E-state index is 12.5. The Bertz CT molecular complexity index is 706. The van der Waals surface area contributed by atoms with Crippen LogP contribution in [0.5, 0.6) is 0 Å². The SMILES string of the molecule is Cc1ccc(N(C)CCNC(=O)C2CCN(Cc3ccccc3)CC2)cc1.